The average Bonchev–Trinajstić information content (AvgIpc) is 3.12. The number of halogens is 2. The fourth-order valence-electron chi connectivity index (χ4n) is 2.29. The van der Waals surface area contributed by atoms with Crippen LogP contribution in [0.3, 0.4) is 0 Å². The summed E-state index contributed by atoms with van der Waals surface area (Å²) in [7, 11) is 0. The monoisotopic (exact) mass is 341 g/mol. The van der Waals surface area contributed by atoms with Gasteiger partial charge in [-0.15, -0.1) is 10.2 Å². The van der Waals surface area contributed by atoms with Crippen molar-refractivity contribution in [1.29, 1.82) is 0 Å². The van der Waals surface area contributed by atoms with Crippen molar-refractivity contribution in [3.63, 3.8) is 0 Å². The molecule has 2 aromatic rings. The zero-order chi connectivity index (χ0) is 15.0. The van der Waals surface area contributed by atoms with Crippen LogP contribution in [0.5, 0.6) is 0 Å². The molecule has 0 radical (unpaired) electrons. The summed E-state index contributed by atoms with van der Waals surface area (Å²) in [6.45, 7) is 2.01. The van der Waals surface area contributed by atoms with E-state index in [0.29, 0.717) is 15.2 Å². The Kier molecular flexibility index (Phi) is 4.15. The van der Waals surface area contributed by atoms with E-state index < -0.39 is 0 Å². The van der Waals surface area contributed by atoms with Gasteiger partial charge >= 0.3 is 0 Å². The van der Waals surface area contributed by atoms with Crippen molar-refractivity contribution in [1.82, 2.24) is 10.2 Å². The first-order chi connectivity index (χ1) is 10.1. The lowest BCUT2D eigenvalue weighted by atomic mass is 10.1. The summed E-state index contributed by atoms with van der Waals surface area (Å²) in [6.07, 6.45) is 1.63. The van der Waals surface area contributed by atoms with E-state index in [1.807, 2.05) is 19.1 Å². The van der Waals surface area contributed by atoms with Crippen LogP contribution in [0.15, 0.2) is 18.2 Å². The summed E-state index contributed by atoms with van der Waals surface area (Å²) in [5.74, 6) is 0.114. The van der Waals surface area contributed by atoms with Crippen LogP contribution in [-0.4, -0.2) is 16.1 Å². The first-order valence-electron chi connectivity index (χ1n) is 6.66. The maximum absolute atomic E-state index is 12.2. The van der Waals surface area contributed by atoms with E-state index in [4.69, 9.17) is 23.2 Å². The Hall–Kier alpha value is -1.17. The highest BCUT2D eigenvalue weighted by Crippen LogP contribution is 2.49. The van der Waals surface area contributed by atoms with E-state index in [1.54, 1.807) is 6.07 Å². The Morgan fingerprint density at radius 1 is 1.33 bits per heavy atom. The third-order valence-electron chi connectivity index (χ3n) is 3.44. The molecule has 1 aliphatic rings. The van der Waals surface area contributed by atoms with Gasteiger partial charge in [0.05, 0.1) is 0 Å². The Balaban J connectivity index is 1.65. The second kappa shape index (κ2) is 5.91. The van der Waals surface area contributed by atoms with Crippen molar-refractivity contribution in [2.24, 2.45) is 5.92 Å². The predicted octanol–water partition coefficient (Wildman–Crippen LogP) is 4.15. The van der Waals surface area contributed by atoms with Crippen molar-refractivity contribution in [3.05, 3.63) is 38.8 Å². The average molecular weight is 342 g/mol. The number of hydrogen-bond acceptors (Lipinski definition) is 4. The Bertz CT molecular complexity index is 668. The number of aryl methyl sites for hydroxylation is 1. The van der Waals surface area contributed by atoms with E-state index in [1.165, 1.54) is 11.3 Å². The first kappa shape index (κ1) is 14.8. The Morgan fingerprint density at radius 2 is 2.05 bits per heavy atom. The number of carbonyl (C=O) groups is 1. The van der Waals surface area contributed by atoms with Crippen molar-refractivity contribution in [2.45, 2.75) is 25.7 Å². The van der Waals surface area contributed by atoms with Gasteiger partial charge in [-0.25, -0.2) is 0 Å². The molecule has 0 bridgehead atoms. The largest absolute Gasteiger partial charge is 0.300 e. The number of aromatic nitrogens is 2. The van der Waals surface area contributed by atoms with Crippen molar-refractivity contribution in [2.75, 3.05) is 5.32 Å². The lowest BCUT2D eigenvalue weighted by molar-refractivity contribution is -0.117. The highest BCUT2D eigenvalue weighted by molar-refractivity contribution is 7.15. The lowest BCUT2D eigenvalue weighted by Crippen LogP contribution is -2.14. The molecule has 7 heteroatoms. The number of nitrogens with one attached hydrogen (secondary N) is 1. The molecular formula is C14H13Cl2N3OS. The number of hydrogen-bond donors (Lipinski definition) is 1. The summed E-state index contributed by atoms with van der Waals surface area (Å²) in [4.78, 5) is 12.2. The minimum atomic E-state index is -0.0477. The third kappa shape index (κ3) is 3.36. The molecule has 0 saturated heterocycles. The number of benzene rings is 1. The molecule has 1 aliphatic carbocycles. The fraction of sp³-hybridized carbons (Fsp3) is 0.357. The van der Waals surface area contributed by atoms with Gasteiger partial charge in [0.2, 0.25) is 11.0 Å². The zero-order valence-electron chi connectivity index (χ0n) is 11.3. The molecular weight excluding hydrogens is 329 g/mol. The summed E-state index contributed by atoms with van der Waals surface area (Å²) in [5.41, 5.74) is 1.01. The van der Waals surface area contributed by atoms with Gasteiger partial charge in [0, 0.05) is 16.0 Å². The number of carbonyl (C=O) groups excluding carboxylic acids is 1. The van der Waals surface area contributed by atoms with Gasteiger partial charge in [0.15, 0.2) is 0 Å². The molecule has 3 rings (SSSR count). The van der Waals surface area contributed by atoms with Gasteiger partial charge in [-0.05, 0) is 42.5 Å². The smallest absolute Gasteiger partial charge is 0.229 e. The molecule has 1 saturated carbocycles. The van der Waals surface area contributed by atoms with Crippen LogP contribution >= 0.6 is 34.5 Å². The molecule has 21 heavy (non-hydrogen) atoms. The van der Waals surface area contributed by atoms with Crippen molar-refractivity contribution >= 4 is 45.6 Å². The van der Waals surface area contributed by atoms with Crippen LogP contribution in [0.4, 0.5) is 5.13 Å². The molecule has 0 aliphatic heterocycles. The van der Waals surface area contributed by atoms with Crippen LogP contribution in [0.2, 0.25) is 10.0 Å². The molecule has 1 amide bonds. The number of amides is 1. The predicted molar refractivity (Wildman–Crippen MR) is 85.2 cm³/mol. The third-order valence-corrected chi connectivity index (χ3v) is 4.86. The van der Waals surface area contributed by atoms with Crippen LogP contribution < -0.4 is 5.32 Å². The van der Waals surface area contributed by atoms with Gasteiger partial charge in [-0.3, -0.25) is 4.79 Å². The highest BCUT2D eigenvalue weighted by Gasteiger charge is 2.44. The summed E-state index contributed by atoms with van der Waals surface area (Å²) >= 11 is 13.4. The minimum Gasteiger partial charge on any atom is -0.300 e. The molecule has 2 atom stereocenters. The van der Waals surface area contributed by atoms with Crippen molar-refractivity contribution in [3.8, 4) is 0 Å². The van der Waals surface area contributed by atoms with E-state index in [0.717, 1.165) is 23.4 Å². The molecule has 1 N–H and O–H groups in total. The van der Waals surface area contributed by atoms with E-state index in [9.17, 15) is 4.79 Å². The molecule has 1 fully saturated rings. The summed E-state index contributed by atoms with van der Waals surface area (Å²) < 4.78 is 0. The number of rotatable bonds is 4. The van der Waals surface area contributed by atoms with Crippen LogP contribution in [0, 0.1) is 5.92 Å². The van der Waals surface area contributed by atoms with Gasteiger partial charge in [0.1, 0.15) is 5.01 Å². The summed E-state index contributed by atoms with van der Waals surface area (Å²) in [6, 6.07) is 5.43. The SMILES string of the molecule is CCc1nnc(NC(=O)[C@H]2C[C@@H]2c2cc(Cl)cc(Cl)c2)s1. The van der Waals surface area contributed by atoms with Crippen LogP contribution in [0.25, 0.3) is 0 Å². The summed E-state index contributed by atoms with van der Waals surface area (Å²) in [5, 5.41) is 13.4. The molecule has 110 valence electrons. The van der Waals surface area contributed by atoms with Crippen LogP contribution in [-0.2, 0) is 11.2 Å². The number of nitrogens with zero attached hydrogens (tertiary/aromatic N) is 2. The zero-order valence-corrected chi connectivity index (χ0v) is 13.6. The van der Waals surface area contributed by atoms with Gasteiger partial charge in [-0.2, -0.15) is 0 Å². The Labute approximate surface area is 136 Å². The van der Waals surface area contributed by atoms with E-state index in [-0.39, 0.29) is 17.7 Å². The second-order valence-corrected chi connectivity index (χ2v) is 6.93. The normalized spacial score (nSPS) is 20.3. The lowest BCUT2D eigenvalue weighted by Gasteiger charge is -2.03. The highest BCUT2D eigenvalue weighted by atomic mass is 35.5. The van der Waals surface area contributed by atoms with Gasteiger partial charge in [0.25, 0.3) is 0 Å². The maximum atomic E-state index is 12.2. The first-order valence-corrected chi connectivity index (χ1v) is 8.23. The molecule has 0 spiro atoms. The minimum absolute atomic E-state index is 0.0186. The van der Waals surface area contributed by atoms with Gasteiger partial charge < -0.3 is 5.32 Å². The Morgan fingerprint density at radius 3 is 2.67 bits per heavy atom. The maximum Gasteiger partial charge on any atom is 0.229 e. The molecule has 1 aromatic heterocycles. The molecule has 4 nitrogen and oxygen atoms in total. The molecule has 1 heterocycles. The molecule has 0 unspecified atom stereocenters. The quantitative estimate of drug-likeness (QED) is 0.908. The fourth-order valence-corrected chi connectivity index (χ4v) is 3.51. The van der Waals surface area contributed by atoms with E-state index in [2.05, 4.69) is 15.5 Å². The van der Waals surface area contributed by atoms with E-state index >= 15 is 0 Å². The molecule has 1 aromatic carbocycles. The topological polar surface area (TPSA) is 54.9 Å². The van der Waals surface area contributed by atoms with Gasteiger partial charge in [-0.1, -0.05) is 41.5 Å². The van der Waals surface area contributed by atoms with Crippen molar-refractivity contribution < 1.29 is 4.79 Å². The second-order valence-electron chi connectivity index (χ2n) is 5.00. The number of anilines is 1. The standard InChI is InChI=1S/C14H13Cl2N3OS/c1-2-12-18-19-14(21-12)17-13(20)11-6-10(11)7-3-8(15)5-9(16)4-7/h3-5,10-11H,2,6H2,1H3,(H,17,19,20)/t10-,11+/m1/s1. The van der Waals surface area contributed by atoms with Crippen LogP contribution in [0.1, 0.15) is 29.8 Å².